The molecule has 0 atom stereocenters. The Labute approximate surface area is 120 Å². The van der Waals surface area contributed by atoms with Gasteiger partial charge in [-0.15, -0.1) is 0 Å². The smallest absolute Gasteiger partial charge is 0.289 e. The van der Waals surface area contributed by atoms with E-state index in [1.807, 2.05) is 24.3 Å². The molecule has 0 radical (unpaired) electrons. The lowest BCUT2D eigenvalue weighted by Crippen LogP contribution is -2.25. The molecule has 4 nitrogen and oxygen atoms in total. The van der Waals surface area contributed by atoms with Gasteiger partial charge in [0.2, 0.25) is 0 Å². The number of carbonyl (C=O) groups excluding carboxylic acids is 1. The lowest BCUT2D eigenvalue weighted by atomic mass is 10.2. The molecule has 0 unspecified atom stereocenters. The number of halogens is 1. The molecule has 2 aromatic rings. The third kappa shape index (κ3) is 3.45. The molecule has 0 aliphatic heterocycles. The van der Waals surface area contributed by atoms with Crippen LogP contribution in [0, 0.1) is 0 Å². The van der Waals surface area contributed by atoms with Crippen molar-refractivity contribution in [3.8, 4) is 0 Å². The molecule has 1 heterocycles. The van der Waals surface area contributed by atoms with Gasteiger partial charge in [-0.05, 0) is 29.8 Å². The van der Waals surface area contributed by atoms with Gasteiger partial charge in [0.25, 0.3) is 5.91 Å². The van der Waals surface area contributed by atoms with Gasteiger partial charge in [-0.25, -0.2) is 0 Å². The number of hydrogen-bond acceptors (Lipinski definition) is 3. The van der Waals surface area contributed by atoms with Gasteiger partial charge in [0.15, 0.2) is 5.76 Å². The van der Waals surface area contributed by atoms with Crippen LogP contribution in [0.3, 0.4) is 0 Å². The number of carbonyl (C=O) groups is 1. The summed E-state index contributed by atoms with van der Waals surface area (Å²) in [5, 5.41) is 0. The lowest BCUT2D eigenvalue weighted by Gasteiger charge is -2.16. The SMILES string of the molecule is CN(Cc1cccc(Br)c1)C(=O)c1ccc(CN)o1. The first-order chi connectivity index (χ1) is 9.10. The van der Waals surface area contributed by atoms with Crippen molar-refractivity contribution in [3.63, 3.8) is 0 Å². The van der Waals surface area contributed by atoms with Crippen LogP contribution in [0.4, 0.5) is 0 Å². The van der Waals surface area contributed by atoms with Crippen LogP contribution in [-0.2, 0) is 13.1 Å². The highest BCUT2D eigenvalue weighted by atomic mass is 79.9. The van der Waals surface area contributed by atoms with Crippen LogP contribution in [-0.4, -0.2) is 17.9 Å². The maximum atomic E-state index is 12.1. The predicted molar refractivity (Wildman–Crippen MR) is 76.5 cm³/mol. The molecular formula is C14H15BrN2O2. The lowest BCUT2D eigenvalue weighted by molar-refractivity contribution is 0.0751. The van der Waals surface area contributed by atoms with Crippen molar-refractivity contribution in [2.45, 2.75) is 13.1 Å². The van der Waals surface area contributed by atoms with Crippen LogP contribution in [0.25, 0.3) is 0 Å². The van der Waals surface area contributed by atoms with Crippen molar-refractivity contribution in [2.24, 2.45) is 5.73 Å². The van der Waals surface area contributed by atoms with Gasteiger partial charge in [0, 0.05) is 18.1 Å². The normalized spacial score (nSPS) is 10.5. The second-order valence-corrected chi connectivity index (χ2v) is 5.18. The van der Waals surface area contributed by atoms with Crippen LogP contribution in [0.5, 0.6) is 0 Å². The van der Waals surface area contributed by atoms with Crippen LogP contribution in [0.1, 0.15) is 21.9 Å². The van der Waals surface area contributed by atoms with Crippen LogP contribution in [0.2, 0.25) is 0 Å². The molecule has 100 valence electrons. The number of benzene rings is 1. The second-order valence-electron chi connectivity index (χ2n) is 4.26. The largest absolute Gasteiger partial charge is 0.455 e. The molecule has 19 heavy (non-hydrogen) atoms. The minimum atomic E-state index is -0.153. The third-order valence-corrected chi connectivity index (χ3v) is 3.22. The van der Waals surface area contributed by atoms with E-state index in [9.17, 15) is 4.79 Å². The number of nitrogens with two attached hydrogens (primary N) is 1. The highest BCUT2D eigenvalue weighted by molar-refractivity contribution is 9.10. The molecular weight excluding hydrogens is 308 g/mol. The topological polar surface area (TPSA) is 59.5 Å². The third-order valence-electron chi connectivity index (χ3n) is 2.73. The first-order valence-corrected chi connectivity index (χ1v) is 6.68. The fourth-order valence-corrected chi connectivity index (χ4v) is 2.22. The zero-order valence-corrected chi connectivity index (χ0v) is 12.2. The summed E-state index contributed by atoms with van der Waals surface area (Å²) in [6, 6.07) is 11.2. The van der Waals surface area contributed by atoms with Gasteiger partial charge in [-0.2, -0.15) is 0 Å². The number of nitrogens with zero attached hydrogens (tertiary/aromatic N) is 1. The summed E-state index contributed by atoms with van der Waals surface area (Å²) in [4.78, 5) is 13.8. The number of furan rings is 1. The molecule has 0 fully saturated rings. The molecule has 0 saturated heterocycles. The zero-order valence-electron chi connectivity index (χ0n) is 10.6. The highest BCUT2D eigenvalue weighted by Gasteiger charge is 2.16. The van der Waals surface area contributed by atoms with Gasteiger partial charge in [0.05, 0.1) is 6.54 Å². The fourth-order valence-electron chi connectivity index (χ4n) is 1.77. The van der Waals surface area contributed by atoms with Crippen molar-refractivity contribution in [3.05, 3.63) is 58.0 Å². The molecule has 1 amide bonds. The van der Waals surface area contributed by atoms with E-state index in [-0.39, 0.29) is 5.91 Å². The Bertz CT molecular complexity index is 580. The Morgan fingerprint density at radius 2 is 2.16 bits per heavy atom. The monoisotopic (exact) mass is 322 g/mol. The van der Waals surface area contributed by atoms with E-state index in [0.717, 1.165) is 10.0 Å². The Hall–Kier alpha value is -1.59. The molecule has 5 heteroatoms. The number of amides is 1. The van der Waals surface area contributed by atoms with Crippen molar-refractivity contribution in [1.29, 1.82) is 0 Å². The molecule has 2 N–H and O–H groups in total. The second kappa shape index (κ2) is 6.04. The summed E-state index contributed by atoms with van der Waals surface area (Å²) >= 11 is 3.41. The number of hydrogen-bond donors (Lipinski definition) is 1. The molecule has 2 rings (SSSR count). The van der Waals surface area contributed by atoms with E-state index in [4.69, 9.17) is 10.2 Å². The predicted octanol–water partition coefficient (Wildman–Crippen LogP) is 2.77. The molecule has 0 aliphatic rings. The maximum absolute atomic E-state index is 12.1. The van der Waals surface area contributed by atoms with Crippen molar-refractivity contribution in [2.75, 3.05) is 7.05 Å². The Kier molecular flexibility index (Phi) is 4.39. The van der Waals surface area contributed by atoms with E-state index >= 15 is 0 Å². The van der Waals surface area contributed by atoms with Crippen LogP contribution >= 0.6 is 15.9 Å². The summed E-state index contributed by atoms with van der Waals surface area (Å²) in [5.74, 6) is 0.775. The van der Waals surface area contributed by atoms with Crippen molar-refractivity contribution in [1.82, 2.24) is 4.90 Å². The number of rotatable bonds is 4. The summed E-state index contributed by atoms with van der Waals surface area (Å²) in [6.07, 6.45) is 0. The first kappa shape index (κ1) is 13.8. The average Bonchev–Trinajstić information content (AvgIpc) is 2.86. The minimum absolute atomic E-state index is 0.153. The van der Waals surface area contributed by atoms with Crippen LogP contribution in [0.15, 0.2) is 45.3 Å². The van der Waals surface area contributed by atoms with Crippen molar-refractivity contribution < 1.29 is 9.21 Å². The standard InChI is InChI=1S/C14H15BrN2O2/c1-17(9-10-3-2-4-11(15)7-10)14(18)13-6-5-12(8-16)19-13/h2-7H,8-9,16H2,1H3. The van der Waals surface area contributed by atoms with Gasteiger partial charge in [-0.1, -0.05) is 28.1 Å². The Morgan fingerprint density at radius 1 is 1.37 bits per heavy atom. The first-order valence-electron chi connectivity index (χ1n) is 5.89. The highest BCUT2D eigenvalue weighted by Crippen LogP contribution is 2.15. The van der Waals surface area contributed by atoms with Crippen molar-refractivity contribution >= 4 is 21.8 Å². The quantitative estimate of drug-likeness (QED) is 0.941. The molecule has 1 aromatic carbocycles. The molecule has 0 bridgehead atoms. The van der Waals surface area contributed by atoms with E-state index in [1.54, 1.807) is 24.1 Å². The van der Waals surface area contributed by atoms with Gasteiger partial charge in [-0.3, -0.25) is 4.79 Å². The van der Waals surface area contributed by atoms with E-state index in [1.165, 1.54) is 0 Å². The van der Waals surface area contributed by atoms with Crippen LogP contribution < -0.4 is 5.73 Å². The summed E-state index contributed by atoms with van der Waals surface area (Å²) in [7, 11) is 1.74. The summed E-state index contributed by atoms with van der Waals surface area (Å²) < 4.78 is 6.35. The Balaban J connectivity index is 2.07. The van der Waals surface area contributed by atoms with E-state index in [2.05, 4.69) is 15.9 Å². The van der Waals surface area contributed by atoms with Gasteiger partial charge >= 0.3 is 0 Å². The Morgan fingerprint density at radius 3 is 2.79 bits per heavy atom. The molecule has 0 aliphatic carbocycles. The zero-order chi connectivity index (χ0) is 13.8. The summed E-state index contributed by atoms with van der Waals surface area (Å²) in [6.45, 7) is 0.819. The van der Waals surface area contributed by atoms with E-state index in [0.29, 0.717) is 24.6 Å². The fraction of sp³-hybridized carbons (Fsp3) is 0.214. The minimum Gasteiger partial charge on any atom is -0.455 e. The average molecular weight is 323 g/mol. The van der Waals surface area contributed by atoms with E-state index < -0.39 is 0 Å². The molecule has 0 saturated carbocycles. The van der Waals surface area contributed by atoms with Gasteiger partial charge < -0.3 is 15.1 Å². The maximum Gasteiger partial charge on any atom is 0.289 e. The van der Waals surface area contributed by atoms with Gasteiger partial charge in [0.1, 0.15) is 5.76 Å². The molecule has 0 spiro atoms. The summed E-state index contributed by atoms with van der Waals surface area (Å²) in [5.41, 5.74) is 6.51. The molecule has 1 aromatic heterocycles.